The third-order valence-electron chi connectivity index (χ3n) is 5.84. The molecule has 1 amide bonds. The van der Waals surface area contributed by atoms with Crippen LogP contribution >= 0.6 is 11.3 Å². The molecule has 0 spiro atoms. The quantitative estimate of drug-likeness (QED) is 0.811. The van der Waals surface area contributed by atoms with Crippen molar-refractivity contribution in [1.82, 2.24) is 10.2 Å². The van der Waals surface area contributed by atoms with Gasteiger partial charge in [0.15, 0.2) is 0 Å². The van der Waals surface area contributed by atoms with Crippen molar-refractivity contribution in [1.29, 1.82) is 0 Å². The van der Waals surface area contributed by atoms with Crippen molar-refractivity contribution in [2.75, 3.05) is 26.7 Å². The second-order valence-electron chi connectivity index (χ2n) is 7.47. The lowest BCUT2D eigenvalue weighted by atomic mass is 9.95. The molecule has 4 rings (SSSR count). The zero-order valence-electron chi connectivity index (χ0n) is 16.0. The molecule has 2 aliphatic rings. The lowest BCUT2D eigenvalue weighted by Gasteiger charge is -2.29. The Hall–Kier alpha value is -1.85. The van der Waals surface area contributed by atoms with Gasteiger partial charge >= 0.3 is 0 Å². The third kappa shape index (κ3) is 3.90. The number of ether oxygens (including phenoxy) is 1. The number of benzene rings is 1. The summed E-state index contributed by atoms with van der Waals surface area (Å²) in [5, 5.41) is 5.29. The highest BCUT2D eigenvalue weighted by atomic mass is 32.1. The van der Waals surface area contributed by atoms with E-state index in [0.717, 1.165) is 42.8 Å². The van der Waals surface area contributed by atoms with E-state index in [1.807, 2.05) is 12.1 Å². The first-order valence-electron chi connectivity index (χ1n) is 10.0. The minimum atomic E-state index is 0.0773. The number of nitrogens with one attached hydrogen (secondary N) is 1. The average molecular weight is 385 g/mol. The summed E-state index contributed by atoms with van der Waals surface area (Å²) in [6.07, 6.45) is 7.06. The zero-order chi connectivity index (χ0) is 18.6. The molecule has 5 heteroatoms. The highest BCUT2D eigenvalue weighted by molar-refractivity contribution is 7.10. The summed E-state index contributed by atoms with van der Waals surface area (Å²) < 4.78 is 5.60. The first-order chi connectivity index (χ1) is 13.3. The van der Waals surface area contributed by atoms with E-state index in [4.69, 9.17) is 4.74 Å². The van der Waals surface area contributed by atoms with Gasteiger partial charge in [-0.3, -0.25) is 9.69 Å². The first kappa shape index (κ1) is 18.5. The van der Waals surface area contributed by atoms with E-state index < -0.39 is 0 Å². The summed E-state index contributed by atoms with van der Waals surface area (Å²) in [6, 6.07) is 8.34. The minimum Gasteiger partial charge on any atom is -0.496 e. The molecule has 2 aromatic rings. The van der Waals surface area contributed by atoms with E-state index in [1.165, 1.54) is 36.1 Å². The topological polar surface area (TPSA) is 41.6 Å². The van der Waals surface area contributed by atoms with Gasteiger partial charge < -0.3 is 10.1 Å². The van der Waals surface area contributed by atoms with Crippen LogP contribution in [0.3, 0.4) is 0 Å². The Bertz CT molecular complexity index is 795. The third-order valence-corrected chi connectivity index (χ3v) is 6.93. The van der Waals surface area contributed by atoms with Crippen molar-refractivity contribution in [2.45, 2.75) is 44.6 Å². The fourth-order valence-corrected chi connectivity index (χ4v) is 5.53. The minimum absolute atomic E-state index is 0.0773. The van der Waals surface area contributed by atoms with Crippen molar-refractivity contribution in [3.63, 3.8) is 0 Å². The predicted molar refractivity (Wildman–Crippen MR) is 110 cm³/mol. The average Bonchev–Trinajstić information content (AvgIpc) is 3.38. The van der Waals surface area contributed by atoms with Crippen LogP contribution in [0.1, 0.15) is 58.1 Å². The molecule has 0 radical (unpaired) electrons. The summed E-state index contributed by atoms with van der Waals surface area (Å²) in [6.45, 7) is 2.77. The van der Waals surface area contributed by atoms with E-state index in [1.54, 1.807) is 18.4 Å². The van der Waals surface area contributed by atoms with Gasteiger partial charge in [-0.05, 0) is 63.2 Å². The van der Waals surface area contributed by atoms with Crippen molar-refractivity contribution in [3.8, 4) is 5.75 Å². The molecular weight excluding hydrogens is 356 g/mol. The van der Waals surface area contributed by atoms with Crippen LogP contribution in [0.2, 0.25) is 0 Å². The number of hydrogen-bond donors (Lipinski definition) is 1. The second-order valence-corrected chi connectivity index (χ2v) is 8.43. The van der Waals surface area contributed by atoms with Crippen LogP contribution in [-0.4, -0.2) is 37.6 Å². The molecule has 0 saturated carbocycles. The molecule has 1 N–H and O–H groups in total. The van der Waals surface area contributed by atoms with E-state index >= 15 is 0 Å². The summed E-state index contributed by atoms with van der Waals surface area (Å²) in [5.74, 6) is 0.977. The molecule has 1 aromatic carbocycles. The number of para-hydroxylation sites is 1. The van der Waals surface area contributed by atoms with Crippen LogP contribution in [0.4, 0.5) is 0 Å². The maximum atomic E-state index is 12.9. The van der Waals surface area contributed by atoms with Crippen molar-refractivity contribution < 1.29 is 9.53 Å². The smallest absolute Gasteiger partial charge is 0.252 e. The Balaban J connectivity index is 1.52. The molecule has 0 bridgehead atoms. The van der Waals surface area contributed by atoms with Crippen LogP contribution < -0.4 is 10.1 Å². The maximum Gasteiger partial charge on any atom is 0.252 e. The molecule has 27 heavy (non-hydrogen) atoms. The zero-order valence-corrected chi connectivity index (χ0v) is 16.8. The lowest BCUT2D eigenvalue weighted by molar-refractivity contribution is 0.0936. The summed E-state index contributed by atoms with van der Waals surface area (Å²) in [5.41, 5.74) is 3.35. The number of thiophene rings is 1. The number of carbonyl (C=O) groups excluding carboxylic acids is 1. The molecule has 1 unspecified atom stereocenters. The van der Waals surface area contributed by atoms with Crippen LogP contribution in [0.5, 0.6) is 5.75 Å². The van der Waals surface area contributed by atoms with Crippen LogP contribution in [0.25, 0.3) is 0 Å². The molecule has 1 aliphatic carbocycles. The summed E-state index contributed by atoms with van der Waals surface area (Å²) >= 11 is 1.75. The van der Waals surface area contributed by atoms with Gasteiger partial charge in [-0.2, -0.15) is 0 Å². The van der Waals surface area contributed by atoms with Crippen molar-refractivity contribution in [3.05, 3.63) is 51.2 Å². The molecule has 1 fully saturated rings. The van der Waals surface area contributed by atoms with Gasteiger partial charge in [0, 0.05) is 22.4 Å². The molecule has 144 valence electrons. The Morgan fingerprint density at radius 1 is 1.19 bits per heavy atom. The molecular formula is C22H28N2O2S. The van der Waals surface area contributed by atoms with Crippen LogP contribution in [0, 0.1) is 0 Å². The van der Waals surface area contributed by atoms with Crippen LogP contribution in [-0.2, 0) is 12.8 Å². The van der Waals surface area contributed by atoms with E-state index in [-0.39, 0.29) is 11.9 Å². The molecule has 2 heterocycles. The number of likely N-dealkylation sites (tertiary alicyclic amines) is 1. The normalized spacial score (nSPS) is 18.1. The number of amides is 1. The molecule has 1 aliphatic heterocycles. The predicted octanol–water partition coefficient (Wildman–Crippen LogP) is 4.20. The molecule has 1 atom stereocenters. The second kappa shape index (κ2) is 8.44. The lowest BCUT2D eigenvalue weighted by Crippen LogP contribution is -2.37. The van der Waals surface area contributed by atoms with E-state index in [9.17, 15) is 4.79 Å². The Morgan fingerprint density at radius 2 is 1.96 bits per heavy atom. The Labute approximate surface area is 165 Å². The fourth-order valence-electron chi connectivity index (χ4n) is 4.40. The maximum absolute atomic E-state index is 12.9. The largest absolute Gasteiger partial charge is 0.496 e. The Morgan fingerprint density at radius 3 is 2.78 bits per heavy atom. The molecule has 4 nitrogen and oxygen atoms in total. The molecule has 1 aromatic heterocycles. The van der Waals surface area contributed by atoms with Gasteiger partial charge in [0.25, 0.3) is 5.91 Å². The van der Waals surface area contributed by atoms with Crippen molar-refractivity contribution in [2.24, 2.45) is 0 Å². The number of aryl methyl sites for hydroxylation is 1. The number of methoxy groups -OCH3 is 1. The number of nitrogens with zero attached hydrogens (tertiary/aromatic N) is 1. The number of carbonyl (C=O) groups is 1. The summed E-state index contributed by atoms with van der Waals surface area (Å²) in [4.78, 5) is 16.8. The fraction of sp³-hybridized carbons (Fsp3) is 0.500. The number of rotatable bonds is 6. The van der Waals surface area contributed by atoms with Crippen LogP contribution in [0.15, 0.2) is 29.6 Å². The highest BCUT2D eigenvalue weighted by Gasteiger charge is 2.27. The van der Waals surface area contributed by atoms with Gasteiger partial charge in [-0.15, -0.1) is 11.3 Å². The van der Waals surface area contributed by atoms with Crippen molar-refractivity contribution >= 4 is 17.2 Å². The standard InChI is InChI=1S/C22H28N2O2S/c1-26-20-10-4-2-9-17(20)19(24-12-6-7-13-24)14-23-22(25)18-15-27-21-11-5-3-8-16(18)21/h2,4,9-10,15,19H,3,5-8,11-14H2,1H3,(H,23,25). The SMILES string of the molecule is COc1ccccc1C(CNC(=O)c1csc2c1CCCC2)N1CCCC1. The summed E-state index contributed by atoms with van der Waals surface area (Å²) in [7, 11) is 1.72. The van der Waals surface area contributed by atoms with Gasteiger partial charge in [-0.25, -0.2) is 0 Å². The number of fused-ring (bicyclic) bond motifs is 1. The highest BCUT2D eigenvalue weighted by Crippen LogP contribution is 2.32. The number of hydrogen-bond acceptors (Lipinski definition) is 4. The molecule has 1 saturated heterocycles. The van der Waals surface area contributed by atoms with E-state index in [0.29, 0.717) is 6.54 Å². The Kier molecular flexibility index (Phi) is 5.79. The monoisotopic (exact) mass is 384 g/mol. The van der Waals surface area contributed by atoms with E-state index in [2.05, 4.69) is 27.7 Å². The van der Waals surface area contributed by atoms with Gasteiger partial charge in [0.1, 0.15) is 5.75 Å². The first-order valence-corrected chi connectivity index (χ1v) is 10.9. The van der Waals surface area contributed by atoms with Gasteiger partial charge in [0.2, 0.25) is 0 Å². The van der Waals surface area contributed by atoms with Gasteiger partial charge in [-0.1, -0.05) is 18.2 Å². The van der Waals surface area contributed by atoms with Gasteiger partial charge in [0.05, 0.1) is 18.7 Å².